The molecule has 0 N–H and O–H groups in total. The van der Waals surface area contributed by atoms with Crippen LogP contribution in [0.2, 0.25) is 0 Å². The number of fused-ring (bicyclic) bond motifs is 15. The minimum Gasteiger partial charge on any atom is -0.456 e. The summed E-state index contributed by atoms with van der Waals surface area (Å²) < 4.78 is 22.0. The first kappa shape index (κ1) is 30.9. The fourth-order valence-electron chi connectivity index (χ4n) is 9.12. The number of furan rings is 3. The molecule has 0 spiro atoms. The second kappa shape index (κ2) is 11.6. The van der Waals surface area contributed by atoms with Crippen molar-refractivity contribution in [1.29, 1.82) is 0 Å². The van der Waals surface area contributed by atoms with Crippen LogP contribution in [0, 0.1) is 0 Å². The van der Waals surface area contributed by atoms with Crippen LogP contribution in [0.5, 0.6) is 0 Å². The van der Waals surface area contributed by atoms with Crippen LogP contribution in [0.15, 0.2) is 189 Å². The van der Waals surface area contributed by atoms with E-state index in [4.69, 9.17) is 13.3 Å². The van der Waals surface area contributed by atoms with E-state index in [0.29, 0.717) is 0 Å². The number of nitrogens with zero attached hydrogens (tertiary/aromatic N) is 1. The summed E-state index contributed by atoms with van der Waals surface area (Å²) in [7, 11) is 0. The van der Waals surface area contributed by atoms with E-state index in [2.05, 4.69) is 157 Å². The zero-order chi connectivity index (χ0) is 37.2. The van der Waals surface area contributed by atoms with E-state index in [0.717, 1.165) is 94.0 Å². The second-order valence-electron chi connectivity index (χ2n) is 14.8. The number of thiophene rings is 1. The third kappa shape index (κ3) is 4.49. The summed E-state index contributed by atoms with van der Waals surface area (Å²) >= 11 is 1.85. The van der Waals surface area contributed by atoms with E-state index in [9.17, 15) is 0 Å². The van der Waals surface area contributed by atoms with Crippen molar-refractivity contribution in [2.24, 2.45) is 0 Å². The summed E-state index contributed by atoms with van der Waals surface area (Å²) in [4.78, 5) is 2.28. The normalized spacial score (nSPS) is 12.2. The Morgan fingerprint density at radius 1 is 0.333 bits per heavy atom. The molecule has 4 aromatic heterocycles. The number of para-hydroxylation sites is 2. The summed E-state index contributed by atoms with van der Waals surface area (Å²) in [5.41, 5.74) is 10.5. The monoisotopic (exact) mass is 747 g/mol. The van der Waals surface area contributed by atoms with Gasteiger partial charge in [0.05, 0.1) is 0 Å². The first-order valence-corrected chi connectivity index (χ1v) is 20.0. The first-order valence-electron chi connectivity index (χ1n) is 19.1. The lowest BCUT2D eigenvalue weighted by Crippen LogP contribution is -2.09. The minimum atomic E-state index is 0.846. The third-order valence-corrected chi connectivity index (χ3v) is 12.8. The van der Waals surface area contributed by atoms with E-state index in [1.54, 1.807) is 0 Å². The molecule has 9 aromatic carbocycles. The lowest BCUT2D eigenvalue weighted by molar-refractivity contribution is 0.668. The maximum Gasteiger partial charge on any atom is 0.137 e. The van der Waals surface area contributed by atoms with Gasteiger partial charge in [0.25, 0.3) is 0 Å². The highest BCUT2D eigenvalue weighted by Crippen LogP contribution is 2.47. The molecule has 0 atom stereocenters. The molecule has 0 amide bonds. The van der Waals surface area contributed by atoms with Crippen LogP contribution in [-0.2, 0) is 0 Å². The average Bonchev–Trinajstić information content (AvgIpc) is 4.03. The van der Waals surface area contributed by atoms with Gasteiger partial charge in [-0.05, 0) is 89.3 Å². The Labute approximate surface area is 329 Å². The van der Waals surface area contributed by atoms with Crippen molar-refractivity contribution in [3.8, 4) is 11.1 Å². The van der Waals surface area contributed by atoms with E-state index in [1.807, 2.05) is 35.6 Å². The van der Waals surface area contributed by atoms with E-state index >= 15 is 0 Å². The Morgan fingerprint density at radius 3 is 1.61 bits per heavy atom. The molecule has 0 saturated heterocycles. The predicted molar refractivity (Wildman–Crippen MR) is 239 cm³/mol. The molecule has 5 heteroatoms. The fraction of sp³-hybridized carbons (Fsp3) is 0. The number of benzene rings is 9. The van der Waals surface area contributed by atoms with Crippen molar-refractivity contribution in [2.75, 3.05) is 4.90 Å². The van der Waals surface area contributed by atoms with E-state index in [-0.39, 0.29) is 0 Å². The van der Waals surface area contributed by atoms with Gasteiger partial charge in [0.15, 0.2) is 0 Å². The third-order valence-electron chi connectivity index (χ3n) is 11.7. The van der Waals surface area contributed by atoms with Crippen molar-refractivity contribution in [2.45, 2.75) is 0 Å². The molecular formula is C52H29NO3S. The molecule has 0 fully saturated rings. The van der Waals surface area contributed by atoms with Crippen LogP contribution < -0.4 is 4.90 Å². The second-order valence-corrected chi connectivity index (χ2v) is 15.9. The SMILES string of the molecule is c1ccc2c(c1)oc1cc(N(c3ccc(-c4cccc5oc6ccc7ccc8sc9ccccc9c8c7c6c45)cc3)c3ccc4c(c3)oc3ccccc34)ccc12. The van der Waals surface area contributed by atoms with Gasteiger partial charge in [-0.15, -0.1) is 11.3 Å². The summed E-state index contributed by atoms with van der Waals surface area (Å²) in [6.45, 7) is 0. The molecule has 0 saturated carbocycles. The Morgan fingerprint density at radius 2 is 0.895 bits per heavy atom. The van der Waals surface area contributed by atoms with Crippen LogP contribution in [-0.4, -0.2) is 0 Å². The highest BCUT2D eigenvalue weighted by Gasteiger charge is 2.21. The highest BCUT2D eigenvalue weighted by molar-refractivity contribution is 7.26. The summed E-state index contributed by atoms with van der Waals surface area (Å²) in [5, 5.41) is 11.8. The molecule has 0 radical (unpaired) electrons. The Bertz CT molecular complexity index is 3650. The smallest absolute Gasteiger partial charge is 0.137 e. The van der Waals surface area contributed by atoms with Crippen LogP contribution >= 0.6 is 11.3 Å². The van der Waals surface area contributed by atoms with Gasteiger partial charge in [0.1, 0.15) is 33.5 Å². The van der Waals surface area contributed by atoms with Crippen molar-refractivity contribution < 1.29 is 13.3 Å². The molecule has 13 rings (SSSR count). The van der Waals surface area contributed by atoms with Gasteiger partial charge in [-0.25, -0.2) is 0 Å². The zero-order valence-corrected chi connectivity index (χ0v) is 31.1. The van der Waals surface area contributed by atoms with Crippen molar-refractivity contribution in [1.82, 2.24) is 0 Å². The first-order chi connectivity index (χ1) is 28.2. The zero-order valence-electron chi connectivity index (χ0n) is 30.3. The quantitative estimate of drug-likeness (QED) is 0.180. The van der Waals surface area contributed by atoms with Crippen molar-refractivity contribution >= 4 is 125 Å². The standard InChI is InChI=1S/C52H29NO3S/c1-4-12-41-36(8-1)38-24-22-33(28-45(38)54-41)53(34-23-25-39-37-9-2-5-13-42(37)55-46(39)29-34)32-20-16-30(17-21-32)35-11-7-14-43-50(35)52-44(56-43)26-18-31-19-27-48-51(49(31)52)40-10-3-6-15-47(40)57-48/h1-29H. The summed E-state index contributed by atoms with van der Waals surface area (Å²) in [6, 6.07) is 62.3. The lowest BCUT2D eigenvalue weighted by atomic mass is 9.94. The summed E-state index contributed by atoms with van der Waals surface area (Å²) in [5.74, 6) is 0. The van der Waals surface area contributed by atoms with Crippen LogP contribution in [0.4, 0.5) is 17.1 Å². The number of hydrogen-bond acceptors (Lipinski definition) is 5. The van der Waals surface area contributed by atoms with Crippen molar-refractivity contribution in [3.05, 3.63) is 176 Å². The van der Waals surface area contributed by atoms with Gasteiger partial charge in [0, 0.05) is 87.1 Å². The van der Waals surface area contributed by atoms with Crippen molar-refractivity contribution in [3.63, 3.8) is 0 Å². The molecule has 4 nitrogen and oxygen atoms in total. The Kier molecular flexibility index (Phi) is 6.29. The molecule has 13 aromatic rings. The molecular weight excluding hydrogens is 719 g/mol. The average molecular weight is 748 g/mol. The number of anilines is 3. The number of rotatable bonds is 4. The maximum atomic E-state index is 6.63. The van der Waals surface area contributed by atoms with Gasteiger partial charge in [-0.1, -0.05) is 91.0 Å². The van der Waals surface area contributed by atoms with Crippen LogP contribution in [0.1, 0.15) is 0 Å². The maximum absolute atomic E-state index is 6.63. The molecule has 0 bridgehead atoms. The molecule has 266 valence electrons. The van der Waals surface area contributed by atoms with Crippen LogP contribution in [0.3, 0.4) is 0 Å². The molecule has 0 aliphatic heterocycles. The van der Waals surface area contributed by atoms with Gasteiger partial charge in [-0.3, -0.25) is 0 Å². The van der Waals surface area contributed by atoms with Gasteiger partial charge >= 0.3 is 0 Å². The van der Waals surface area contributed by atoms with E-state index in [1.165, 1.54) is 30.9 Å². The molecule has 57 heavy (non-hydrogen) atoms. The Balaban J connectivity index is 1.01. The largest absolute Gasteiger partial charge is 0.456 e. The molecule has 0 aliphatic rings. The van der Waals surface area contributed by atoms with Crippen LogP contribution in [0.25, 0.3) is 108 Å². The molecule has 0 aliphatic carbocycles. The minimum absolute atomic E-state index is 0.846. The van der Waals surface area contributed by atoms with Gasteiger partial charge < -0.3 is 18.2 Å². The lowest BCUT2D eigenvalue weighted by Gasteiger charge is -2.25. The number of hydrogen-bond donors (Lipinski definition) is 0. The van der Waals surface area contributed by atoms with Gasteiger partial charge in [0.2, 0.25) is 0 Å². The van der Waals surface area contributed by atoms with E-state index < -0.39 is 0 Å². The fourth-order valence-corrected chi connectivity index (χ4v) is 10.2. The Hall–Kier alpha value is -7.34. The molecule has 0 unspecified atom stereocenters. The van der Waals surface area contributed by atoms with Gasteiger partial charge in [-0.2, -0.15) is 0 Å². The predicted octanol–water partition coefficient (Wildman–Crippen LogP) is 16.0. The highest BCUT2D eigenvalue weighted by atomic mass is 32.1. The summed E-state index contributed by atoms with van der Waals surface area (Å²) in [6.07, 6.45) is 0. The topological polar surface area (TPSA) is 42.7 Å². The molecule has 4 heterocycles.